The molecule has 1 aromatic carbocycles. The van der Waals surface area contributed by atoms with E-state index in [9.17, 15) is 9.90 Å². The van der Waals surface area contributed by atoms with Gasteiger partial charge in [0.1, 0.15) is 19.0 Å². The molecular formula is C27H42N2O4. The number of aliphatic hydroxyl groups excluding tert-OH is 1. The lowest BCUT2D eigenvalue weighted by Gasteiger charge is -2.29. The highest BCUT2D eigenvalue weighted by atomic mass is 16.6. The highest BCUT2D eigenvalue weighted by Gasteiger charge is 2.31. The average molecular weight is 459 g/mol. The fraction of sp³-hybridized carbons (Fsp3) is 0.741. The number of Topliss-reactive ketones (excluding diaryl/α,β-unsaturated/α-hetero) is 1. The van der Waals surface area contributed by atoms with Crippen molar-refractivity contribution in [2.24, 2.45) is 11.8 Å². The third-order valence-corrected chi connectivity index (χ3v) is 7.48. The second-order valence-corrected chi connectivity index (χ2v) is 10.2. The number of ketones is 1. The summed E-state index contributed by atoms with van der Waals surface area (Å²) in [7, 11) is 0. The van der Waals surface area contributed by atoms with Gasteiger partial charge in [-0.15, -0.1) is 0 Å². The first-order valence-electron chi connectivity index (χ1n) is 13.2. The van der Waals surface area contributed by atoms with Crippen LogP contribution >= 0.6 is 0 Å². The molecule has 1 N–H and O–H groups in total. The Morgan fingerprint density at radius 2 is 1.88 bits per heavy atom. The van der Waals surface area contributed by atoms with Crippen LogP contribution in [0.2, 0.25) is 0 Å². The molecule has 3 aliphatic heterocycles. The van der Waals surface area contributed by atoms with Gasteiger partial charge in [-0.25, -0.2) is 0 Å². The summed E-state index contributed by atoms with van der Waals surface area (Å²) in [5.41, 5.74) is 0.818. The van der Waals surface area contributed by atoms with Crippen LogP contribution in [0.3, 0.4) is 0 Å². The number of rotatable bonds is 12. The van der Waals surface area contributed by atoms with Gasteiger partial charge in [0, 0.05) is 38.4 Å². The molecule has 0 radical (unpaired) electrons. The lowest BCUT2D eigenvalue weighted by Crippen LogP contribution is -2.34. The first-order valence-corrected chi connectivity index (χ1v) is 13.2. The van der Waals surface area contributed by atoms with Gasteiger partial charge in [0.25, 0.3) is 0 Å². The maximum absolute atomic E-state index is 12.8. The molecule has 3 aliphatic rings. The summed E-state index contributed by atoms with van der Waals surface area (Å²) in [5, 5.41) is 11.4. The second-order valence-electron chi connectivity index (χ2n) is 10.2. The standard InChI is InChI=1S/C27H42N2O4/c1-2-3-4-7-24(30)16-23(20-29-13-10-21(19-29)18-28-11-5-6-12-28)27(31)22-8-9-25-26(17-22)33-15-14-32-25/h8-9,17,21,23,27,31H,2-7,10-16,18-20H2,1H3/t21?,23-,27-/m1/s1. The molecule has 0 aromatic heterocycles. The van der Waals surface area contributed by atoms with Crippen molar-refractivity contribution >= 4 is 5.78 Å². The summed E-state index contributed by atoms with van der Waals surface area (Å²) in [6, 6.07) is 5.70. The molecular weight excluding hydrogens is 416 g/mol. The SMILES string of the molecule is CCCCCC(=O)C[C@H](CN1CCC(CN2CCCC2)C1)[C@H](O)c1ccc2c(c1)OCCO2. The van der Waals surface area contributed by atoms with Gasteiger partial charge in [-0.2, -0.15) is 0 Å². The number of benzene rings is 1. The fourth-order valence-corrected chi connectivity index (χ4v) is 5.65. The van der Waals surface area contributed by atoms with Crippen molar-refractivity contribution in [3.8, 4) is 11.5 Å². The van der Waals surface area contributed by atoms with E-state index in [1.54, 1.807) is 0 Å². The zero-order chi connectivity index (χ0) is 23.0. The molecule has 0 spiro atoms. The van der Waals surface area contributed by atoms with Crippen LogP contribution < -0.4 is 9.47 Å². The van der Waals surface area contributed by atoms with E-state index in [2.05, 4.69) is 16.7 Å². The normalized spacial score (nSPS) is 23.0. The van der Waals surface area contributed by atoms with Crippen molar-refractivity contribution in [2.75, 3.05) is 52.5 Å². The molecule has 2 saturated heterocycles. The molecule has 1 unspecified atom stereocenters. The Kier molecular flexibility index (Phi) is 9.04. The van der Waals surface area contributed by atoms with E-state index in [1.807, 2.05) is 18.2 Å². The molecule has 0 amide bonds. The minimum atomic E-state index is -0.686. The maximum atomic E-state index is 12.8. The van der Waals surface area contributed by atoms with Gasteiger partial charge in [0.15, 0.2) is 11.5 Å². The molecule has 0 aliphatic carbocycles. The van der Waals surface area contributed by atoms with E-state index in [0.717, 1.165) is 50.2 Å². The summed E-state index contributed by atoms with van der Waals surface area (Å²) < 4.78 is 11.4. The average Bonchev–Trinajstić information content (AvgIpc) is 3.50. The van der Waals surface area contributed by atoms with E-state index < -0.39 is 6.10 Å². The smallest absolute Gasteiger partial charge is 0.161 e. The summed E-state index contributed by atoms with van der Waals surface area (Å²) in [6.45, 7) is 9.83. The van der Waals surface area contributed by atoms with Crippen molar-refractivity contribution in [3.05, 3.63) is 23.8 Å². The highest BCUT2D eigenvalue weighted by molar-refractivity contribution is 5.78. The lowest BCUT2D eigenvalue weighted by atomic mass is 9.89. The minimum absolute atomic E-state index is 0.104. The predicted octanol–water partition coefficient (Wildman–Crippen LogP) is 4.06. The third kappa shape index (κ3) is 6.93. The zero-order valence-corrected chi connectivity index (χ0v) is 20.3. The number of unbranched alkanes of at least 4 members (excludes halogenated alkanes) is 2. The Balaban J connectivity index is 1.39. The highest BCUT2D eigenvalue weighted by Crippen LogP contribution is 2.36. The Bertz CT molecular complexity index is 764. The molecule has 4 rings (SSSR count). The molecule has 33 heavy (non-hydrogen) atoms. The molecule has 3 atom stereocenters. The monoisotopic (exact) mass is 458 g/mol. The quantitative estimate of drug-likeness (QED) is 0.477. The van der Waals surface area contributed by atoms with Crippen LogP contribution in [-0.2, 0) is 4.79 Å². The topological polar surface area (TPSA) is 62.2 Å². The Morgan fingerprint density at radius 3 is 2.67 bits per heavy atom. The summed E-state index contributed by atoms with van der Waals surface area (Å²) >= 11 is 0. The van der Waals surface area contributed by atoms with Crippen LogP contribution in [-0.4, -0.2) is 73.2 Å². The van der Waals surface area contributed by atoms with Crippen molar-refractivity contribution in [2.45, 2.75) is 64.4 Å². The maximum Gasteiger partial charge on any atom is 0.161 e. The zero-order valence-electron chi connectivity index (χ0n) is 20.3. The van der Waals surface area contributed by atoms with Crippen molar-refractivity contribution < 1.29 is 19.4 Å². The van der Waals surface area contributed by atoms with E-state index >= 15 is 0 Å². The van der Waals surface area contributed by atoms with E-state index in [0.29, 0.717) is 37.7 Å². The number of carbonyl (C=O) groups excluding carboxylic acids is 1. The van der Waals surface area contributed by atoms with Gasteiger partial charge >= 0.3 is 0 Å². The number of fused-ring (bicyclic) bond motifs is 1. The van der Waals surface area contributed by atoms with Crippen LogP contribution in [0.15, 0.2) is 18.2 Å². The van der Waals surface area contributed by atoms with Gasteiger partial charge in [-0.1, -0.05) is 25.8 Å². The largest absolute Gasteiger partial charge is 0.486 e. The Morgan fingerprint density at radius 1 is 1.09 bits per heavy atom. The molecule has 0 saturated carbocycles. The summed E-state index contributed by atoms with van der Waals surface area (Å²) in [5.74, 6) is 2.30. The van der Waals surface area contributed by atoms with Crippen LogP contribution in [0.4, 0.5) is 0 Å². The van der Waals surface area contributed by atoms with Crippen LogP contribution in [0.25, 0.3) is 0 Å². The van der Waals surface area contributed by atoms with Crippen LogP contribution in [0.5, 0.6) is 11.5 Å². The van der Waals surface area contributed by atoms with E-state index in [1.165, 1.54) is 38.9 Å². The van der Waals surface area contributed by atoms with Crippen LogP contribution in [0.1, 0.15) is 70.0 Å². The number of ether oxygens (including phenoxy) is 2. The number of likely N-dealkylation sites (tertiary alicyclic amines) is 2. The minimum Gasteiger partial charge on any atom is -0.486 e. The molecule has 1 aromatic rings. The number of hydrogen-bond donors (Lipinski definition) is 1. The number of aliphatic hydroxyl groups is 1. The first-order chi connectivity index (χ1) is 16.1. The predicted molar refractivity (Wildman–Crippen MR) is 130 cm³/mol. The van der Waals surface area contributed by atoms with Gasteiger partial charge in [-0.05, 0) is 68.9 Å². The summed E-state index contributed by atoms with van der Waals surface area (Å²) in [4.78, 5) is 17.9. The number of carbonyl (C=O) groups is 1. The fourth-order valence-electron chi connectivity index (χ4n) is 5.65. The molecule has 0 bridgehead atoms. The second kappa shape index (κ2) is 12.2. The molecule has 6 nitrogen and oxygen atoms in total. The molecule has 184 valence electrons. The van der Waals surface area contributed by atoms with E-state index in [-0.39, 0.29) is 11.7 Å². The van der Waals surface area contributed by atoms with Gasteiger partial charge in [0.05, 0.1) is 6.10 Å². The Hall–Kier alpha value is -1.63. The van der Waals surface area contributed by atoms with Gasteiger partial charge < -0.3 is 24.4 Å². The van der Waals surface area contributed by atoms with Gasteiger partial charge in [-0.3, -0.25) is 4.79 Å². The lowest BCUT2D eigenvalue weighted by molar-refractivity contribution is -0.121. The first kappa shape index (κ1) is 24.5. The van der Waals surface area contributed by atoms with Crippen molar-refractivity contribution in [1.82, 2.24) is 9.80 Å². The molecule has 2 fully saturated rings. The van der Waals surface area contributed by atoms with Crippen LogP contribution in [0, 0.1) is 11.8 Å². The number of nitrogens with zero attached hydrogens (tertiary/aromatic N) is 2. The van der Waals surface area contributed by atoms with Crippen molar-refractivity contribution in [3.63, 3.8) is 0 Å². The number of hydrogen-bond acceptors (Lipinski definition) is 6. The van der Waals surface area contributed by atoms with Gasteiger partial charge in [0.2, 0.25) is 0 Å². The summed E-state index contributed by atoms with van der Waals surface area (Å²) in [6.07, 6.45) is 7.41. The molecule has 3 heterocycles. The Labute approximate surface area is 199 Å². The van der Waals surface area contributed by atoms with E-state index in [4.69, 9.17) is 9.47 Å². The van der Waals surface area contributed by atoms with Crippen molar-refractivity contribution in [1.29, 1.82) is 0 Å². The molecule has 6 heteroatoms. The third-order valence-electron chi connectivity index (χ3n) is 7.48.